The highest BCUT2D eigenvalue weighted by Gasteiger charge is 2.54. The van der Waals surface area contributed by atoms with E-state index in [1.165, 1.54) is 0 Å². The maximum Gasteiger partial charge on any atom is 0.346 e. The average molecular weight is 358 g/mol. The molecule has 0 aromatic carbocycles. The van der Waals surface area contributed by atoms with Gasteiger partial charge in [0.05, 0.1) is 0 Å². The van der Waals surface area contributed by atoms with Gasteiger partial charge in [0.15, 0.2) is 12.2 Å². The molecular formula is C16H26N2O7. The molecule has 0 saturated carbocycles. The van der Waals surface area contributed by atoms with E-state index in [2.05, 4.69) is 9.47 Å². The van der Waals surface area contributed by atoms with Crippen LogP contribution >= 0.6 is 0 Å². The first-order chi connectivity index (χ1) is 11.6. The third-order valence-electron chi connectivity index (χ3n) is 4.42. The largest absolute Gasteiger partial charge is 0.390 e. The molecular weight excluding hydrogens is 332 g/mol. The van der Waals surface area contributed by atoms with E-state index in [0.29, 0.717) is 12.8 Å². The van der Waals surface area contributed by atoms with Crippen molar-refractivity contribution in [2.24, 2.45) is 23.3 Å². The maximum atomic E-state index is 11.8. The van der Waals surface area contributed by atoms with Crippen LogP contribution in [0.1, 0.15) is 40.5 Å². The van der Waals surface area contributed by atoms with Gasteiger partial charge in [-0.05, 0) is 11.8 Å². The molecule has 9 nitrogen and oxygen atoms in total. The van der Waals surface area contributed by atoms with E-state index in [4.69, 9.17) is 16.2 Å². The van der Waals surface area contributed by atoms with Gasteiger partial charge < -0.3 is 25.7 Å². The van der Waals surface area contributed by atoms with Gasteiger partial charge in [0.25, 0.3) is 0 Å². The summed E-state index contributed by atoms with van der Waals surface area (Å²) < 4.78 is 14.0. The third kappa shape index (κ3) is 5.58. The number of hydrogen-bond acceptors (Lipinski definition) is 9. The topological polar surface area (TPSA) is 151 Å². The Bertz CT molecular complexity index is 491. The number of ether oxygens (including phenoxy) is 3. The van der Waals surface area contributed by atoms with Gasteiger partial charge in [-0.15, -0.1) is 0 Å². The zero-order valence-electron chi connectivity index (χ0n) is 14.9. The molecule has 1 saturated heterocycles. The molecule has 1 rings (SSSR count). The molecule has 1 heterocycles. The van der Waals surface area contributed by atoms with Crippen molar-refractivity contribution in [2.45, 2.75) is 64.8 Å². The monoisotopic (exact) mass is 358 g/mol. The van der Waals surface area contributed by atoms with Gasteiger partial charge in [-0.3, -0.25) is 0 Å². The van der Waals surface area contributed by atoms with Crippen LogP contribution in [0.4, 0.5) is 0 Å². The lowest BCUT2D eigenvalue weighted by molar-refractivity contribution is -0.165. The van der Waals surface area contributed by atoms with Crippen molar-refractivity contribution >= 4 is 23.9 Å². The molecule has 0 bridgehead atoms. The van der Waals surface area contributed by atoms with Crippen molar-refractivity contribution in [3.63, 3.8) is 0 Å². The number of carbonyl (C=O) groups is 4. The van der Waals surface area contributed by atoms with Crippen molar-refractivity contribution < 1.29 is 33.4 Å². The lowest BCUT2D eigenvalue weighted by atomic mass is 10.0. The highest BCUT2D eigenvalue weighted by Crippen LogP contribution is 2.25. The second kappa shape index (κ2) is 9.02. The second-order valence-corrected chi connectivity index (χ2v) is 6.28. The van der Waals surface area contributed by atoms with E-state index in [1.54, 1.807) is 13.8 Å². The van der Waals surface area contributed by atoms with Crippen molar-refractivity contribution in [1.29, 1.82) is 0 Å². The molecule has 0 spiro atoms. The number of carbonyl (C=O) groups excluding carboxylic acids is 4. The van der Waals surface area contributed by atoms with Crippen LogP contribution in [-0.4, -0.2) is 48.2 Å². The Labute approximate surface area is 146 Å². The summed E-state index contributed by atoms with van der Waals surface area (Å²) in [6.07, 6.45) is -1.29. The molecule has 1 aliphatic heterocycles. The molecule has 0 aromatic rings. The smallest absolute Gasteiger partial charge is 0.346 e. The maximum absolute atomic E-state index is 11.8. The highest BCUT2D eigenvalue weighted by atomic mass is 16.7. The van der Waals surface area contributed by atoms with E-state index in [1.807, 2.05) is 13.8 Å². The zero-order chi connectivity index (χ0) is 19.3. The number of rotatable bonds is 8. The van der Waals surface area contributed by atoms with Gasteiger partial charge in [0.1, 0.15) is 12.1 Å². The zero-order valence-corrected chi connectivity index (χ0v) is 14.9. The van der Waals surface area contributed by atoms with E-state index in [-0.39, 0.29) is 11.8 Å². The lowest BCUT2D eigenvalue weighted by Crippen LogP contribution is -2.41. The molecule has 142 valence electrons. The van der Waals surface area contributed by atoms with Gasteiger partial charge in [-0.1, -0.05) is 40.5 Å². The summed E-state index contributed by atoms with van der Waals surface area (Å²) in [5.41, 5.74) is 11.3. The van der Waals surface area contributed by atoms with Crippen LogP contribution in [0, 0.1) is 11.8 Å². The predicted octanol–water partition coefficient (Wildman–Crippen LogP) is -0.360. The van der Waals surface area contributed by atoms with Crippen LogP contribution in [0.5, 0.6) is 0 Å². The van der Waals surface area contributed by atoms with Gasteiger partial charge in [0, 0.05) is 0 Å². The van der Waals surface area contributed by atoms with Gasteiger partial charge >= 0.3 is 23.9 Å². The Morgan fingerprint density at radius 3 is 1.44 bits per heavy atom. The van der Waals surface area contributed by atoms with Crippen LogP contribution in [0.2, 0.25) is 0 Å². The average Bonchev–Trinajstić information content (AvgIpc) is 3.39. The Morgan fingerprint density at radius 2 is 1.16 bits per heavy atom. The minimum atomic E-state index is -1.28. The summed E-state index contributed by atoms with van der Waals surface area (Å²) in [6.45, 7) is 7.18. The molecule has 0 amide bonds. The molecule has 1 aliphatic rings. The van der Waals surface area contributed by atoms with Gasteiger partial charge in [0.2, 0.25) is 0 Å². The van der Waals surface area contributed by atoms with E-state index in [0.717, 1.165) is 0 Å². The van der Waals surface area contributed by atoms with Gasteiger partial charge in [-0.2, -0.15) is 0 Å². The summed E-state index contributed by atoms with van der Waals surface area (Å²) in [4.78, 5) is 47.0. The minimum absolute atomic E-state index is 0.166. The summed E-state index contributed by atoms with van der Waals surface area (Å²) in [5, 5.41) is 0. The molecule has 9 heteroatoms. The quantitative estimate of drug-likeness (QED) is 0.336. The standard InChI is InChI=1S/C16H26N2O7/c1-5-7(3)9(17)13(19)24-15(21)11-12(23-11)16(22)25-14(20)10(18)8(4)6-2/h7-12H,5-6,17-18H2,1-4H3/t7-,8-,9-,10-,11?,12?/m0/s1. The molecule has 0 aromatic heterocycles. The number of hydrogen-bond donors (Lipinski definition) is 2. The van der Waals surface area contributed by atoms with E-state index < -0.39 is 48.2 Å². The van der Waals surface area contributed by atoms with Crippen molar-refractivity contribution in [3.05, 3.63) is 0 Å². The Kier molecular flexibility index (Phi) is 7.65. The van der Waals surface area contributed by atoms with Crippen molar-refractivity contribution in [1.82, 2.24) is 0 Å². The molecule has 0 radical (unpaired) electrons. The number of esters is 4. The molecule has 2 unspecified atom stereocenters. The fourth-order valence-electron chi connectivity index (χ4n) is 1.89. The van der Waals surface area contributed by atoms with Crippen LogP contribution in [-0.2, 0) is 33.4 Å². The normalized spacial score (nSPS) is 23.8. The van der Waals surface area contributed by atoms with E-state index in [9.17, 15) is 19.2 Å². The molecule has 0 aliphatic carbocycles. The summed E-state index contributed by atoms with van der Waals surface area (Å²) in [7, 11) is 0. The van der Waals surface area contributed by atoms with E-state index >= 15 is 0 Å². The van der Waals surface area contributed by atoms with Crippen molar-refractivity contribution in [2.75, 3.05) is 0 Å². The SMILES string of the molecule is CC[C@H](C)[C@H](N)C(=O)OC(=O)C1OC1C(=O)OC(=O)[C@@H](N)[C@@H](C)CC. The minimum Gasteiger partial charge on any atom is -0.390 e. The molecule has 1 fully saturated rings. The van der Waals surface area contributed by atoms with Crippen LogP contribution in [0.15, 0.2) is 0 Å². The Balaban J connectivity index is 2.48. The third-order valence-corrected chi connectivity index (χ3v) is 4.42. The van der Waals surface area contributed by atoms with Crippen molar-refractivity contribution in [3.8, 4) is 0 Å². The summed E-state index contributed by atoms with van der Waals surface area (Å²) in [6, 6.07) is -1.90. The van der Waals surface area contributed by atoms with Crippen LogP contribution in [0.3, 0.4) is 0 Å². The van der Waals surface area contributed by atoms with Crippen LogP contribution in [0.25, 0.3) is 0 Å². The number of epoxide rings is 1. The predicted molar refractivity (Wildman–Crippen MR) is 85.7 cm³/mol. The fraction of sp³-hybridized carbons (Fsp3) is 0.750. The molecule has 6 atom stereocenters. The molecule has 25 heavy (non-hydrogen) atoms. The first kappa shape index (κ1) is 21.2. The fourth-order valence-corrected chi connectivity index (χ4v) is 1.89. The first-order valence-electron chi connectivity index (χ1n) is 8.31. The summed E-state index contributed by atoms with van der Waals surface area (Å²) >= 11 is 0. The first-order valence-corrected chi connectivity index (χ1v) is 8.31. The van der Waals surface area contributed by atoms with Crippen LogP contribution < -0.4 is 11.5 Å². The summed E-state index contributed by atoms with van der Waals surface area (Å²) in [5.74, 6) is -4.19. The Morgan fingerprint density at radius 1 is 0.840 bits per heavy atom. The highest BCUT2D eigenvalue weighted by molar-refractivity contribution is 5.99. The Hall–Kier alpha value is -1.84. The van der Waals surface area contributed by atoms with Gasteiger partial charge in [-0.25, -0.2) is 19.2 Å². The second-order valence-electron chi connectivity index (χ2n) is 6.28. The molecule has 4 N–H and O–H groups in total. The number of nitrogens with two attached hydrogens (primary N) is 2. The lowest BCUT2D eigenvalue weighted by Gasteiger charge is -2.15.